The molecule has 2 aromatic rings. The van der Waals surface area contributed by atoms with Crippen LogP contribution in [0.2, 0.25) is 0 Å². The Bertz CT molecular complexity index is 855. The van der Waals surface area contributed by atoms with Gasteiger partial charge in [0, 0.05) is 37.7 Å². The van der Waals surface area contributed by atoms with Crippen LogP contribution in [-0.2, 0) is 9.47 Å². The third-order valence-electron chi connectivity index (χ3n) is 5.28. The molecule has 0 saturated carbocycles. The zero-order chi connectivity index (χ0) is 20.3. The van der Waals surface area contributed by atoms with Gasteiger partial charge >= 0.3 is 0 Å². The van der Waals surface area contributed by atoms with Gasteiger partial charge in [0.05, 0.1) is 39.3 Å². The predicted octanol–water partition coefficient (Wildman–Crippen LogP) is 2.82. The number of rotatable bonds is 5. The van der Waals surface area contributed by atoms with E-state index in [1.165, 1.54) is 0 Å². The summed E-state index contributed by atoms with van der Waals surface area (Å²) in [5.41, 5.74) is 2.03. The number of benzene rings is 1. The molecular weight excluding hydrogens is 374 g/mol. The van der Waals surface area contributed by atoms with Crippen LogP contribution >= 0.6 is 0 Å². The summed E-state index contributed by atoms with van der Waals surface area (Å²) in [5, 5.41) is 3.25. The maximum absolute atomic E-state index is 12.8. The molecule has 2 fully saturated rings. The molecule has 3 heterocycles. The molecule has 154 valence electrons. The number of nitrogens with zero attached hydrogens (tertiary/aromatic N) is 2. The summed E-state index contributed by atoms with van der Waals surface area (Å²) in [4.78, 5) is 18.9. The highest BCUT2D eigenvalue weighted by Gasteiger charge is 2.41. The Morgan fingerprint density at radius 2 is 1.72 bits per heavy atom. The summed E-state index contributed by atoms with van der Waals surface area (Å²) in [7, 11) is 3.19. The number of nitrogens with one attached hydrogen (secondary N) is 1. The van der Waals surface area contributed by atoms with Crippen molar-refractivity contribution in [2.24, 2.45) is 0 Å². The van der Waals surface area contributed by atoms with Crippen LogP contribution in [0.3, 0.4) is 0 Å². The molecule has 0 radical (unpaired) electrons. The molecule has 1 aromatic carbocycles. The normalized spacial score (nSPS) is 17.9. The Kier molecular flexibility index (Phi) is 5.55. The van der Waals surface area contributed by atoms with Crippen LogP contribution in [0.5, 0.6) is 11.5 Å². The SMILES string of the molecule is COc1ccc(Nc2ccc(C(=O)N3CCC4(CC3)OCCO4)nc2)cc1OC. The fourth-order valence-corrected chi connectivity index (χ4v) is 3.67. The van der Waals surface area contributed by atoms with Gasteiger partial charge in [0.2, 0.25) is 0 Å². The monoisotopic (exact) mass is 399 g/mol. The van der Waals surface area contributed by atoms with E-state index >= 15 is 0 Å². The highest BCUT2D eigenvalue weighted by Crippen LogP contribution is 2.32. The fourth-order valence-electron chi connectivity index (χ4n) is 3.67. The molecule has 0 unspecified atom stereocenters. The minimum Gasteiger partial charge on any atom is -0.493 e. The Hall–Kier alpha value is -2.84. The van der Waals surface area contributed by atoms with Gasteiger partial charge < -0.3 is 29.2 Å². The van der Waals surface area contributed by atoms with Gasteiger partial charge in [-0.05, 0) is 24.3 Å². The molecule has 1 aromatic heterocycles. The number of piperidine rings is 1. The number of pyridine rings is 1. The largest absolute Gasteiger partial charge is 0.493 e. The highest BCUT2D eigenvalue weighted by molar-refractivity contribution is 5.92. The molecule has 0 bridgehead atoms. The van der Waals surface area contributed by atoms with Gasteiger partial charge in [0.15, 0.2) is 17.3 Å². The van der Waals surface area contributed by atoms with Crippen LogP contribution in [-0.4, -0.2) is 62.1 Å². The molecule has 0 aliphatic carbocycles. The Labute approximate surface area is 169 Å². The summed E-state index contributed by atoms with van der Waals surface area (Å²) in [6.07, 6.45) is 3.04. The van der Waals surface area contributed by atoms with Crippen molar-refractivity contribution in [2.45, 2.75) is 18.6 Å². The van der Waals surface area contributed by atoms with E-state index in [0.717, 1.165) is 11.4 Å². The number of likely N-dealkylation sites (tertiary alicyclic amines) is 1. The maximum atomic E-state index is 12.8. The Morgan fingerprint density at radius 3 is 2.34 bits per heavy atom. The maximum Gasteiger partial charge on any atom is 0.272 e. The van der Waals surface area contributed by atoms with Crippen LogP contribution < -0.4 is 14.8 Å². The number of carbonyl (C=O) groups excluding carboxylic acids is 1. The van der Waals surface area contributed by atoms with Crippen molar-refractivity contribution < 1.29 is 23.7 Å². The molecule has 0 atom stereocenters. The first kappa shape index (κ1) is 19.5. The first-order valence-electron chi connectivity index (χ1n) is 9.65. The Morgan fingerprint density at radius 1 is 1.03 bits per heavy atom. The van der Waals surface area contributed by atoms with E-state index in [9.17, 15) is 4.79 Å². The average Bonchev–Trinajstić information content (AvgIpc) is 3.22. The molecule has 2 saturated heterocycles. The molecule has 2 aliphatic rings. The smallest absolute Gasteiger partial charge is 0.272 e. The number of aromatic nitrogens is 1. The minimum atomic E-state index is -0.489. The van der Waals surface area contributed by atoms with Gasteiger partial charge in [-0.15, -0.1) is 0 Å². The van der Waals surface area contributed by atoms with Crippen molar-refractivity contribution >= 4 is 17.3 Å². The number of carbonyl (C=O) groups is 1. The van der Waals surface area contributed by atoms with E-state index in [2.05, 4.69) is 10.3 Å². The lowest BCUT2D eigenvalue weighted by molar-refractivity contribution is -0.181. The van der Waals surface area contributed by atoms with E-state index in [1.54, 1.807) is 31.4 Å². The van der Waals surface area contributed by atoms with Crippen LogP contribution in [0.25, 0.3) is 0 Å². The molecule has 1 amide bonds. The van der Waals surface area contributed by atoms with E-state index in [0.29, 0.717) is 56.3 Å². The molecule has 2 aliphatic heterocycles. The zero-order valence-electron chi connectivity index (χ0n) is 16.6. The molecule has 4 rings (SSSR count). The summed E-state index contributed by atoms with van der Waals surface area (Å²) in [6.45, 7) is 2.46. The topological polar surface area (TPSA) is 82.2 Å². The molecule has 8 heteroatoms. The lowest BCUT2D eigenvalue weighted by Gasteiger charge is -2.37. The summed E-state index contributed by atoms with van der Waals surface area (Å²) < 4.78 is 22.0. The number of hydrogen-bond acceptors (Lipinski definition) is 7. The van der Waals surface area contributed by atoms with E-state index < -0.39 is 5.79 Å². The quantitative estimate of drug-likeness (QED) is 0.828. The third kappa shape index (κ3) is 4.13. The second-order valence-electron chi connectivity index (χ2n) is 7.03. The van der Waals surface area contributed by atoms with Gasteiger partial charge in [0.25, 0.3) is 5.91 Å². The molecule has 1 N–H and O–H groups in total. The van der Waals surface area contributed by atoms with Crippen LogP contribution in [0.15, 0.2) is 36.5 Å². The average molecular weight is 399 g/mol. The Balaban J connectivity index is 1.38. The van der Waals surface area contributed by atoms with Crippen molar-refractivity contribution in [1.82, 2.24) is 9.88 Å². The van der Waals surface area contributed by atoms with Crippen molar-refractivity contribution in [3.8, 4) is 11.5 Å². The molecular formula is C21H25N3O5. The van der Waals surface area contributed by atoms with Crippen molar-refractivity contribution in [1.29, 1.82) is 0 Å². The van der Waals surface area contributed by atoms with E-state index in [1.807, 2.05) is 24.3 Å². The van der Waals surface area contributed by atoms with Gasteiger partial charge in [-0.1, -0.05) is 0 Å². The first-order chi connectivity index (χ1) is 14.1. The highest BCUT2D eigenvalue weighted by atomic mass is 16.7. The second kappa shape index (κ2) is 8.26. The number of amides is 1. The van der Waals surface area contributed by atoms with Gasteiger partial charge in [0.1, 0.15) is 5.69 Å². The predicted molar refractivity (Wildman–Crippen MR) is 107 cm³/mol. The van der Waals surface area contributed by atoms with Crippen LogP contribution in [0.1, 0.15) is 23.3 Å². The number of anilines is 2. The lowest BCUT2D eigenvalue weighted by atomic mass is 10.0. The number of hydrogen-bond donors (Lipinski definition) is 1. The summed E-state index contributed by atoms with van der Waals surface area (Å²) in [5.74, 6) is 0.733. The van der Waals surface area contributed by atoms with E-state index in [-0.39, 0.29) is 5.91 Å². The standard InChI is InChI=1S/C21H25N3O5/c1-26-18-6-4-15(13-19(18)27-2)23-16-3-5-17(22-14-16)20(25)24-9-7-21(8-10-24)28-11-12-29-21/h3-6,13-14,23H,7-12H2,1-2H3. The van der Waals surface area contributed by atoms with Gasteiger partial charge in [-0.3, -0.25) is 4.79 Å². The van der Waals surface area contributed by atoms with Crippen molar-refractivity contribution in [3.05, 3.63) is 42.2 Å². The third-order valence-corrected chi connectivity index (χ3v) is 5.28. The number of ether oxygens (including phenoxy) is 4. The van der Waals surface area contributed by atoms with Crippen molar-refractivity contribution in [3.63, 3.8) is 0 Å². The van der Waals surface area contributed by atoms with Crippen LogP contribution in [0.4, 0.5) is 11.4 Å². The summed E-state index contributed by atoms with van der Waals surface area (Å²) >= 11 is 0. The summed E-state index contributed by atoms with van der Waals surface area (Å²) in [6, 6.07) is 9.13. The minimum absolute atomic E-state index is 0.0736. The van der Waals surface area contributed by atoms with Crippen LogP contribution in [0, 0.1) is 0 Å². The molecule has 8 nitrogen and oxygen atoms in total. The zero-order valence-corrected chi connectivity index (χ0v) is 16.6. The van der Waals surface area contributed by atoms with Gasteiger partial charge in [-0.25, -0.2) is 4.98 Å². The van der Waals surface area contributed by atoms with Gasteiger partial charge in [-0.2, -0.15) is 0 Å². The lowest BCUT2D eigenvalue weighted by Crippen LogP contribution is -2.47. The first-order valence-corrected chi connectivity index (χ1v) is 9.65. The van der Waals surface area contributed by atoms with E-state index in [4.69, 9.17) is 18.9 Å². The fraction of sp³-hybridized carbons (Fsp3) is 0.429. The molecule has 29 heavy (non-hydrogen) atoms. The number of methoxy groups -OCH3 is 2. The second-order valence-corrected chi connectivity index (χ2v) is 7.03. The molecule has 1 spiro atoms. The van der Waals surface area contributed by atoms with Crippen molar-refractivity contribution in [2.75, 3.05) is 45.8 Å².